The van der Waals surface area contributed by atoms with E-state index in [1.54, 1.807) is 41.3 Å². The van der Waals surface area contributed by atoms with Gasteiger partial charge in [-0.05, 0) is 74.6 Å². The second-order valence-electron chi connectivity index (χ2n) is 12.3. The van der Waals surface area contributed by atoms with Gasteiger partial charge in [-0.2, -0.15) is 0 Å². The summed E-state index contributed by atoms with van der Waals surface area (Å²) in [5.41, 5.74) is 5.07. The molecule has 1 aliphatic rings. The second-order valence-corrected chi connectivity index (χ2v) is 14.2. The van der Waals surface area contributed by atoms with Crippen molar-refractivity contribution < 1.29 is 18.0 Å². The lowest BCUT2D eigenvalue weighted by molar-refractivity contribution is -0.140. The zero-order valence-corrected chi connectivity index (χ0v) is 27.7. The molecule has 0 aromatic heterocycles. The SMILES string of the molecule is Cc1ccc(N(CC(=O)N(Cc2ccccc2C)C(Cc2ccccc2)C(=O)NC2CCCC2)S(=O)(=O)c2ccc(C)cc2)cc1. The Morgan fingerprint density at radius 1 is 0.783 bits per heavy atom. The standard InChI is InChI=1S/C38H43N3O4S/c1-28-17-21-34(22-18-28)41(46(44,45)35-23-19-29(2)20-24-35)27-37(42)40(26-32-14-8-7-11-30(32)3)36(25-31-12-5-4-6-13-31)38(43)39-33-15-9-10-16-33/h4-8,11-14,17-24,33,36H,9-10,15-16,25-27H2,1-3H3,(H,39,43). The van der Waals surface area contributed by atoms with E-state index < -0.39 is 28.5 Å². The van der Waals surface area contributed by atoms with E-state index in [0.29, 0.717) is 12.1 Å². The van der Waals surface area contributed by atoms with Gasteiger partial charge >= 0.3 is 0 Å². The van der Waals surface area contributed by atoms with Crippen LogP contribution in [0, 0.1) is 20.8 Å². The van der Waals surface area contributed by atoms with E-state index in [9.17, 15) is 18.0 Å². The predicted molar refractivity (Wildman–Crippen MR) is 183 cm³/mol. The summed E-state index contributed by atoms with van der Waals surface area (Å²) in [7, 11) is -4.13. The van der Waals surface area contributed by atoms with E-state index in [2.05, 4.69) is 5.32 Å². The molecule has 0 saturated heterocycles. The number of carbonyl (C=O) groups is 2. The number of nitrogens with one attached hydrogen (secondary N) is 1. The molecule has 1 aliphatic carbocycles. The monoisotopic (exact) mass is 637 g/mol. The van der Waals surface area contributed by atoms with Gasteiger partial charge in [-0.15, -0.1) is 0 Å². The normalized spacial score (nSPS) is 14.1. The lowest BCUT2D eigenvalue weighted by atomic mass is 10.0. The first-order chi connectivity index (χ1) is 22.1. The molecule has 0 bridgehead atoms. The van der Waals surface area contributed by atoms with Gasteiger partial charge in [-0.1, -0.05) is 103 Å². The molecular weight excluding hydrogens is 595 g/mol. The summed E-state index contributed by atoms with van der Waals surface area (Å²) in [5.74, 6) is -0.678. The number of nitrogens with zero attached hydrogens (tertiary/aromatic N) is 2. The number of anilines is 1. The predicted octanol–water partition coefficient (Wildman–Crippen LogP) is 6.51. The first kappa shape index (κ1) is 32.9. The van der Waals surface area contributed by atoms with E-state index in [-0.39, 0.29) is 23.4 Å². The quantitative estimate of drug-likeness (QED) is 0.192. The van der Waals surface area contributed by atoms with Gasteiger partial charge in [-0.3, -0.25) is 13.9 Å². The Hall–Kier alpha value is -4.43. The van der Waals surface area contributed by atoms with Crippen LogP contribution in [0.1, 0.15) is 53.5 Å². The molecule has 0 spiro atoms. The second kappa shape index (κ2) is 14.8. The van der Waals surface area contributed by atoms with Gasteiger partial charge in [0.2, 0.25) is 11.8 Å². The minimum absolute atomic E-state index is 0.0622. The van der Waals surface area contributed by atoms with E-state index in [1.165, 1.54) is 4.31 Å². The van der Waals surface area contributed by atoms with Crippen LogP contribution in [0.5, 0.6) is 0 Å². The van der Waals surface area contributed by atoms with Gasteiger partial charge in [0.1, 0.15) is 12.6 Å². The first-order valence-electron chi connectivity index (χ1n) is 16.0. The largest absolute Gasteiger partial charge is 0.352 e. The molecule has 46 heavy (non-hydrogen) atoms. The van der Waals surface area contributed by atoms with Crippen molar-refractivity contribution in [3.8, 4) is 0 Å². The Bertz CT molecular complexity index is 1730. The highest BCUT2D eigenvalue weighted by atomic mass is 32.2. The van der Waals surface area contributed by atoms with Crippen LogP contribution >= 0.6 is 0 Å². The third kappa shape index (κ3) is 8.04. The van der Waals surface area contributed by atoms with Crippen LogP contribution in [0.2, 0.25) is 0 Å². The molecule has 0 aliphatic heterocycles. The fraction of sp³-hybridized carbons (Fsp3) is 0.316. The number of rotatable bonds is 12. The van der Waals surface area contributed by atoms with Crippen molar-refractivity contribution in [3.63, 3.8) is 0 Å². The van der Waals surface area contributed by atoms with Crippen molar-refractivity contribution in [1.82, 2.24) is 10.2 Å². The molecule has 8 heteroatoms. The maximum Gasteiger partial charge on any atom is 0.264 e. The molecule has 0 radical (unpaired) electrons. The third-order valence-electron chi connectivity index (χ3n) is 8.78. The summed E-state index contributed by atoms with van der Waals surface area (Å²) in [6.45, 7) is 5.49. The van der Waals surface area contributed by atoms with Crippen molar-refractivity contribution in [1.29, 1.82) is 0 Å². The number of hydrogen-bond donors (Lipinski definition) is 1. The molecule has 4 aromatic rings. The lowest BCUT2D eigenvalue weighted by Gasteiger charge is -2.34. The third-order valence-corrected chi connectivity index (χ3v) is 10.6. The Kier molecular flexibility index (Phi) is 10.6. The lowest BCUT2D eigenvalue weighted by Crippen LogP contribution is -2.54. The van der Waals surface area contributed by atoms with Crippen molar-refractivity contribution in [3.05, 3.63) is 131 Å². The van der Waals surface area contributed by atoms with Gasteiger partial charge in [0.15, 0.2) is 0 Å². The zero-order chi connectivity index (χ0) is 32.7. The molecule has 7 nitrogen and oxygen atoms in total. The number of aryl methyl sites for hydroxylation is 3. The summed E-state index contributed by atoms with van der Waals surface area (Å²) in [6.07, 6.45) is 4.23. The van der Waals surface area contributed by atoms with Crippen molar-refractivity contribution >= 4 is 27.5 Å². The number of sulfonamides is 1. The first-order valence-corrected chi connectivity index (χ1v) is 17.4. The number of benzene rings is 4. The number of carbonyl (C=O) groups excluding carboxylic acids is 2. The maximum absolute atomic E-state index is 14.7. The fourth-order valence-electron chi connectivity index (χ4n) is 5.97. The maximum atomic E-state index is 14.7. The highest BCUT2D eigenvalue weighted by molar-refractivity contribution is 7.92. The smallest absolute Gasteiger partial charge is 0.264 e. The van der Waals surface area contributed by atoms with Gasteiger partial charge in [-0.25, -0.2) is 8.42 Å². The Balaban J connectivity index is 1.57. The molecule has 4 aromatic carbocycles. The molecule has 240 valence electrons. The van der Waals surface area contributed by atoms with Crippen LogP contribution in [0.3, 0.4) is 0 Å². The average Bonchev–Trinajstić information content (AvgIpc) is 3.56. The fourth-order valence-corrected chi connectivity index (χ4v) is 7.38. The van der Waals surface area contributed by atoms with E-state index in [0.717, 1.165) is 53.5 Å². The molecule has 1 fully saturated rings. The van der Waals surface area contributed by atoms with E-state index in [4.69, 9.17) is 0 Å². The Morgan fingerprint density at radius 2 is 1.37 bits per heavy atom. The highest BCUT2D eigenvalue weighted by Crippen LogP contribution is 2.26. The summed E-state index contributed by atoms with van der Waals surface area (Å²) in [5, 5.41) is 3.22. The van der Waals surface area contributed by atoms with Gasteiger partial charge in [0.25, 0.3) is 10.0 Å². The summed E-state index contributed by atoms with van der Waals surface area (Å²) < 4.78 is 29.6. The molecular formula is C38H43N3O4S. The number of hydrogen-bond acceptors (Lipinski definition) is 4. The molecule has 2 amide bonds. The minimum Gasteiger partial charge on any atom is -0.352 e. The van der Waals surface area contributed by atoms with Gasteiger partial charge in [0, 0.05) is 19.0 Å². The Morgan fingerprint density at radius 3 is 2.00 bits per heavy atom. The highest BCUT2D eigenvalue weighted by Gasteiger charge is 2.35. The van der Waals surface area contributed by atoms with Crippen LogP contribution < -0.4 is 9.62 Å². The van der Waals surface area contributed by atoms with Crippen LogP contribution in [-0.2, 0) is 32.6 Å². The van der Waals surface area contributed by atoms with Crippen LogP contribution in [-0.4, -0.2) is 43.8 Å². The molecule has 1 saturated carbocycles. The molecule has 1 N–H and O–H groups in total. The zero-order valence-electron chi connectivity index (χ0n) is 26.9. The summed E-state index contributed by atoms with van der Waals surface area (Å²) >= 11 is 0. The summed E-state index contributed by atoms with van der Waals surface area (Å²) in [4.78, 5) is 30.5. The van der Waals surface area contributed by atoms with Crippen LogP contribution in [0.4, 0.5) is 5.69 Å². The Labute approximate surface area is 273 Å². The van der Waals surface area contributed by atoms with Crippen molar-refractivity contribution in [2.45, 2.75) is 76.4 Å². The molecule has 0 heterocycles. The number of amides is 2. The van der Waals surface area contributed by atoms with Gasteiger partial charge < -0.3 is 10.2 Å². The van der Waals surface area contributed by atoms with E-state index >= 15 is 0 Å². The minimum atomic E-state index is -4.13. The average molecular weight is 638 g/mol. The van der Waals surface area contributed by atoms with E-state index in [1.807, 2.05) is 87.5 Å². The van der Waals surface area contributed by atoms with Gasteiger partial charge in [0.05, 0.1) is 10.6 Å². The van der Waals surface area contributed by atoms with Crippen LogP contribution in [0.25, 0.3) is 0 Å². The van der Waals surface area contributed by atoms with Crippen molar-refractivity contribution in [2.75, 3.05) is 10.8 Å². The molecule has 5 rings (SSSR count). The molecule has 1 atom stereocenters. The summed E-state index contributed by atoms with van der Waals surface area (Å²) in [6, 6.07) is 30.4. The molecule has 1 unspecified atom stereocenters. The van der Waals surface area contributed by atoms with Crippen LogP contribution in [0.15, 0.2) is 108 Å². The van der Waals surface area contributed by atoms with Crippen molar-refractivity contribution in [2.24, 2.45) is 0 Å². The topological polar surface area (TPSA) is 86.8 Å².